The maximum absolute atomic E-state index is 4.24. The molecule has 0 saturated heterocycles. The molecule has 0 aromatic carbocycles. The lowest BCUT2D eigenvalue weighted by molar-refractivity contribution is 0.500. The fourth-order valence-corrected chi connectivity index (χ4v) is 1.73. The van der Waals surface area contributed by atoms with Crippen molar-refractivity contribution in [1.29, 1.82) is 0 Å². The van der Waals surface area contributed by atoms with Crippen molar-refractivity contribution in [3.8, 4) is 0 Å². The SMILES string of the molecule is C.CC.CC.CC(C)(C)C1=CCC=N1.CC(C)(C)C1=NC=CC1. The molecule has 0 bridgehead atoms. The average Bonchev–Trinajstić information content (AvgIpc) is 3.16. The first-order valence-corrected chi connectivity index (χ1v) is 8.66. The average molecular weight is 323 g/mol. The van der Waals surface area contributed by atoms with Crippen LogP contribution >= 0.6 is 0 Å². The van der Waals surface area contributed by atoms with Crippen LogP contribution in [0.3, 0.4) is 0 Å². The van der Waals surface area contributed by atoms with E-state index in [4.69, 9.17) is 0 Å². The van der Waals surface area contributed by atoms with Gasteiger partial charge in [-0.3, -0.25) is 9.98 Å². The molecule has 2 rings (SSSR count). The summed E-state index contributed by atoms with van der Waals surface area (Å²) < 4.78 is 0. The van der Waals surface area contributed by atoms with Gasteiger partial charge in [-0.2, -0.15) is 0 Å². The Balaban J connectivity index is -0.000000276. The van der Waals surface area contributed by atoms with Gasteiger partial charge in [0.1, 0.15) is 0 Å². The van der Waals surface area contributed by atoms with E-state index in [1.54, 1.807) is 0 Å². The van der Waals surface area contributed by atoms with Gasteiger partial charge in [-0.15, -0.1) is 0 Å². The molecule has 0 radical (unpaired) electrons. The molecule has 2 heterocycles. The van der Waals surface area contributed by atoms with Crippen LogP contribution in [0.2, 0.25) is 0 Å². The van der Waals surface area contributed by atoms with Gasteiger partial charge in [0.2, 0.25) is 0 Å². The summed E-state index contributed by atoms with van der Waals surface area (Å²) in [6.07, 6.45) is 10.2. The molecule has 2 nitrogen and oxygen atoms in total. The third-order valence-corrected chi connectivity index (χ3v) is 2.93. The van der Waals surface area contributed by atoms with Crippen LogP contribution in [-0.2, 0) is 0 Å². The summed E-state index contributed by atoms with van der Waals surface area (Å²) in [6.45, 7) is 21.1. The van der Waals surface area contributed by atoms with Gasteiger partial charge < -0.3 is 0 Å². The van der Waals surface area contributed by atoms with Crippen molar-refractivity contribution < 1.29 is 0 Å². The second-order valence-corrected chi connectivity index (χ2v) is 6.80. The van der Waals surface area contributed by atoms with E-state index in [9.17, 15) is 0 Å². The van der Waals surface area contributed by atoms with E-state index in [0.717, 1.165) is 12.8 Å². The molecule has 23 heavy (non-hydrogen) atoms. The highest BCUT2D eigenvalue weighted by Gasteiger charge is 2.18. The predicted molar refractivity (Wildman–Crippen MR) is 111 cm³/mol. The van der Waals surface area contributed by atoms with Crippen LogP contribution in [0.5, 0.6) is 0 Å². The molecule has 136 valence electrons. The normalized spacial score (nSPS) is 14.9. The first kappa shape index (κ1) is 26.7. The van der Waals surface area contributed by atoms with Gasteiger partial charge in [0.25, 0.3) is 0 Å². The van der Waals surface area contributed by atoms with E-state index in [0.29, 0.717) is 0 Å². The van der Waals surface area contributed by atoms with Crippen LogP contribution in [0, 0.1) is 10.8 Å². The maximum Gasteiger partial charge on any atom is 0.0417 e. The lowest BCUT2D eigenvalue weighted by Crippen LogP contribution is -2.17. The van der Waals surface area contributed by atoms with E-state index in [-0.39, 0.29) is 18.3 Å². The predicted octanol–water partition coefficient (Wildman–Crippen LogP) is 7.47. The summed E-state index contributed by atoms with van der Waals surface area (Å²) in [4.78, 5) is 8.49. The van der Waals surface area contributed by atoms with Crippen molar-refractivity contribution in [3.63, 3.8) is 0 Å². The third-order valence-electron chi connectivity index (χ3n) is 2.93. The van der Waals surface area contributed by atoms with E-state index in [1.807, 2.05) is 40.1 Å². The molecule has 0 atom stereocenters. The Morgan fingerprint density at radius 2 is 1.39 bits per heavy atom. The van der Waals surface area contributed by atoms with Gasteiger partial charge in [-0.1, -0.05) is 88.8 Å². The topological polar surface area (TPSA) is 24.7 Å². The molecular formula is C21H42N2. The first-order valence-electron chi connectivity index (χ1n) is 8.66. The van der Waals surface area contributed by atoms with Gasteiger partial charge in [0.15, 0.2) is 0 Å². The monoisotopic (exact) mass is 322 g/mol. The van der Waals surface area contributed by atoms with E-state index < -0.39 is 0 Å². The summed E-state index contributed by atoms with van der Waals surface area (Å²) >= 11 is 0. The summed E-state index contributed by atoms with van der Waals surface area (Å²) in [5.74, 6) is 0. The molecule has 0 amide bonds. The Kier molecular flexibility index (Phi) is 15.4. The fourth-order valence-electron chi connectivity index (χ4n) is 1.73. The number of allylic oxidation sites excluding steroid dienone is 3. The molecular weight excluding hydrogens is 280 g/mol. The molecule has 2 aliphatic rings. The largest absolute Gasteiger partial charge is 0.265 e. The molecule has 0 unspecified atom stereocenters. The molecule has 0 saturated carbocycles. The molecule has 0 aromatic rings. The van der Waals surface area contributed by atoms with Gasteiger partial charge in [0, 0.05) is 47.5 Å². The number of nitrogens with zero attached hydrogens (tertiary/aromatic N) is 2. The number of hydrogen-bond donors (Lipinski definition) is 0. The van der Waals surface area contributed by atoms with Crippen molar-refractivity contribution >= 4 is 11.9 Å². The van der Waals surface area contributed by atoms with Crippen molar-refractivity contribution in [2.75, 3.05) is 0 Å². The van der Waals surface area contributed by atoms with Gasteiger partial charge in [0.05, 0.1) is 0 Å². The Morgan fingerprint density at radius 3 is 1.57 bits per heavy atom. The lowest BCUT2D eigenvalue weighted by Gasteiger charge is -2.17. The first-order chi connectivity index (χ1) is 10.2. The maximum atomic E-state index is 4.24. The standard InChI is InChI=1S/2C8H13N.2C2H6.CH4/c2*1-8(2,3)7-5-4-6-9-7;2*1-2;/h5-6H,4H2,1-3H3;4,6H,5H2,1-3H3;2*1-2H3;1H4. The number of hydrogen-bond acceptors (Lipinski definition) is 2. The minimum atomic E-state index is 0. The van der Waals surface area contributed by atoms with E-state index >= 15 is 0 Å². The molecule has 0 N–H and O–H groups in total. The minimum Gasteiger partial charge on any atom is -0.265 e. The van der Waals surface area contributed by atoms with E-state index in [1.165, 1.54) is 11.4 Å². The molecule has 0 spiro atoms. The number of rotatable bonds is 0. The highest BCUT2D eigenvalue weighted by atomic mass is 14.8. The zero-order chi connectivity index (χ0) is 17.8. The Labute approximate surface area is 146 Å². The summed E-state index contributed by atoms with van der Waals surface area (Å²) in [5.41, 5.74) is 3.03. The second-order valence-electron chi connectivity index (χ2n) is 6.80. The van der Waals surface area contributed by atoms with E-state index in [2.05, 4.69) is 63.7 Å². The van der Waals surface area contributed by atoms with Crippen molar-refractivity contribution in [2.24, 2.45) is 20.8 Å². The zero-order valence-corrected chi connectivity index (χ0v) is 16.6. The van der Waals surface area contributed by atoms with Crippen LogP contribution in [0.25, 0.3) is 0 Å². The number of aliphatic imine (C=N–C) groups is 2. The highest BCUT2D eigenvalue weighted by molar-refractivity contribution is 5.92. The molecule has 0 fully saturated rings. The van der Waals surface area contributed by atoms with Crippen molar-refractivity contribution in [2.45, 2.75) is 89.5 Å². The zero-order valence-electron chi connectivity index (χ0n) is 16.6. The van der Waals surface area contributed by atoms with Gasteiger partial charge >= 0.3 is 0 Å². The Bertz CT molecular complexity index is 397. The van der Waals surface area contributed by atoms with Gasteiger partial charge in [-0.05, 0) is 0 Å². The van der Waals surface area contributed by atoms with Crippen molar-refractivity contribution in [1.82, 2.24) is 0 Å². The Hall–Kier alpha value is -1.18. The summed E-state index contributed by atoms with van der Waals surface area (Å²) in [5, 5.41) is 0. The Morgan fingerprint density at radius 1 is 0.870 bits per heavy atom. The third kappa shape index (κ3) is 12.0. The van der Waals surface area contributed by atoms with Crippen LogP contribution in [0.4, 0.5) is 0 Å². The lowest BCUT2D eigenvalue weighted by atomic mass is 9.89. The highest BCUT2D eigenvalue weighted by Crippen LogP contribution is 2.28. The smallest absolute Gasteiger partial charge is 0.0417 e. The quantitative estimate of drug-likeness (QED) is 0.442. The van der Waals surface area contributed by atoms with Crippen molar-refractivity contribution in [3.05, 3.63) is 24.0 Å². The van der Waals surface area contributed by atoms with Crippen LogP contribution in [-0.4, -0.2) is 11.9 Å². The van der Waals surface area contributed by atoms with Crippen LogP contribution in [0.1, 0.15) is 89.5 Å². The summed E-state index contributed by atoms with van der Waals surface area (Å²) in [7, 11) is 0. The molecule has 0 aromatic heterocycles. The molecule has 2 heteroatoms. The second kappa shape index (κ2) is 13.3. The summed E-state index contributed by atoms with van der Waals surface area (Å²) in [6, 6.07) is 0. The van der Waals surface area contributed by atoms with Crippen LogP contribution < -0.4 is 0 Å². The van der Waals surface area contributed by atoms with Crippen LogP contribution in [0.15, 0.2) is 34.0 Å². The minimum absolute atomic E-state index is 0. The fraction of sp³-hybridized carbons (Fsp3) is 0.714. The molecule has 0 aliphatic carbocycles. The molecule has 2 aliphatic heterocycles. The van der Waals surface area contributed by atoms with Gasteiger partial charge in [-0.25, -0.2) is 0 Å².